The largest absolute Gasteiger partial charge is 0.508 e. The lowest BCUT2D eigenvalue weighted by Crippen LogP contribution is -2.33. The van der Waals surface area contributed by atoms with Gasteiger partial charge in [-0.3, -0.25) is 10.3 Å². The van der Waals surface area contributed by atoms with Crippen molar-refractivity contribution < 1.29 is 14.6 Å². The molecule has 2 atom stereocenters. The van der Waals surface area contributed by atoms with Gasteiger partial charge >= 0.3 is 5.97 Å². The second kappa shape index (κ2) is 9.55. The van der Waals surface area contributed by atoms with Gasteiger partial charge in [0.2, 0.25) is 0 Å². The number of aryl methyl sites for hydroxylation is 1. The fraction of sp³-hybridized carbons (Fsp3) is 0.231. The lowest BCUT2D eigenvalue weighted by Gasteiger charge is -2.31. The molecule has 0 aliphatic carbocycles. The van der Waals surface area contributed by atoms with Gasteiger partial charge in [-0.2, -0.15) is 0 Å². The molecule has 164 valence electrons. The van der Waals surface area contributed by atoms with E-state index in [1.165, 1.54) is 12.7 Å². The van der Waals surface area contributed by atoms with Gasteiger partial charge < -0.3 is 9.84 Å². The third-order valence-corrected chi connectivity index (χ3v) is 5.98. The molecule has 0 amide bonds. The van der Waals surface area contributed by atoms with E-state index in [0.29, 0.717) is 17.0 Å². The van der Waals surface area contributed by atoms with Crippen LogP contribution in [-0.2, 0) is 11.2 Å². The van der Waals surface area contributed by atoms with E-state index in [2.05, 4.69) is 36.5 Å². The van der Waals surface area contributed by atoms with Crippen LogP contribution in [0.15, 0.2) is 71.7 Å². The summed E-state index contributed by atoms with van der Waals surface area (Å²) in [4.78, 5) is 16.8. The maximum absolute atomic E-state index is 11.8. The first kappa shape index (κ1) is 22.1. The summed E-state index contributed by atoms with van der Waals surface area (Å²) in [7, 11) is 1.36. The number of halogens is 1. The maximum Gasteiger partial charge on any atom is 0.337 e. The lowest BCUT2D eigenvalue weighted by atomic mass is 9.93. The van der Waals surface area contributed by atoms with Crippen LogP contribution < -0.4 is 5.32 Å². The first-order valence-corrected chi connectivity index (χ1v) is 10.9. The van der Waals surface area contributed by atoms with Crippen molar-refractivity contribution in [3.63, 3.8) is 0 Å². The zero-order valence-corrected chi connectivity index (χ0v) is 18.8. The number of ether oxygens (including phenoxy) is 1. The molecule has 0 saturated heterocycles. The lowest BCUT2D eigenvalue weighted by molar-refractivity contribution is 0.0600. The van der Waals surface area contributed by atoms with Crippen LogP contribution in [0.1, 0.15) is 58.2 Å². The number of nitrogens with zero attached hydrogens (tertiary/aromatic N) is 1. The van der Waals surface area contributed by atoms with Crippen LogP contribution in [-0.4, -0.2) is 23.9 Å². The van der Waals surface area contributed by atoms with Crippen LogP contribution in [0, 0.1) is 0 Å². The van der Waals surface area contributed by atoms with E-state index >= 15 is 0 Å². The maximum atomic E-state index is 11.8. The summed E-state index contributed by atoms with van der Waals surface area (Å²) in [5, 5.41) is 14.6. The molecule has 3 aromatic rings. The number of phenolic OH excluding ortho intramolecular Hbond substituents is 1. The number of methoxy groups -OCH3 is 1. The standard InChI is InChI=1S/C26H25ClN2O3/c1-3-16-4-6-17(7-5-16)22-15-23(21-14-20(27)12-13-24(21)30)29-25(28-22)18-8-10-19(11-9-18)26(31)32-2/h4-14,23,25,29-30H,3,15H2,1-2H3/t23-,25+/m1/s1. The minimum atomic E-state index is -0.380. The third-order valence-electron chi connectivity index (χ3n) is 5.75. The second-order valence-corrected chi connectivity index (χ2v) is 8.21. The number of esters is 1. The summed E-state index contributed by atoms with van der Waals surface area (Å²) in [5.74, 6) is -0.190. The van der Waals surface area contributed by atoms with E-state index in [4.69, 9.17) is 21.3 Å². The number of carbonyl (C=O) groups is 1. The Bertz CT molecular complexity index is 1140. The monoisotopic (exact) mass is 448 g/mol. The van der Waals surface area contributed by atoms with Gasteiger partial charge in [0.05, 0.1) is 12.7 Å². The van der Waals surface area contributed by atoms with Crippen molar-refractivity contribution in [2.45, 2.75) is 32.0 Å². The Morgan fingerprint density at radius 1 is 1.12 bits per heavy atom. The molecular formula is C26H25ClN2O3. The van der Waals surface area contributed by atoms with E-state index in [9.17, 15) is 9.90 Å². The summed E-state index contributed by atoms with van der Waals surface area (Å²) < 4.78 is 4.79. The van der Waals surface area contributed by atoms with Crippen molar-refractivity contribution in [3.05, 3.63) is 99.6 Å². The summed E-state index contributed by atoms with van der Waals surface area (Å²) in [5.41, 5.74) is 5.37. The van der Waals surface area contributed by atoms with Gasteiger partial charge in [-0.15, -0.1) is 0 Å². The molecule has 0 bridgehead atoms. The minimum absolute atomic E-state index is 0.183. The normalized spacial score (nSPS) is 18.2. The molecule has 3 aromatic carbocycles. The molecular weight excluding hydrogens is 424 g/mol. The Labute approximate surface area is 192 Å². The Balaban J connectivity index is 1.72. The Morgan fingerprint density at radius 2 is 1.84 bits per heavy atom. The molecule has 1 heterocycles. The van der Waals surface area contributed by atoms with Gasteiger partial charge in [-0.1, -0.05) is 54.9 Å². The van der Waals surface area contributed by atoms with Crippen molar-refractivity contribution in [2.75, 3.05) is 7.11 Å². The van der Waals surface area contributed by atoms with Crippen molar-refractivity contribution in [1.82, 2.24) is 5.32 Å². The molecule has 1 aliphatic rings. The van der Waals surface area contributed by atoms with Gasteiger partial charge in [-0.25, -0.2) is 4.79 Å². The number of aliphatic imine (C=N–C) groups is 1. The molecule has 0 unspecified atom stereocenters. The molecule has 6 heteroatoms. The Morgan fingerprint density at radius 3 is 2.50 bits per heavy atom. The molecule has 1 aliphatic heterocycles. The number of hydrogen-bond donors (Lipinski definition) is 2. The predicted molar refractivity (Wildman–Crippen MR) is 126 cm³/mol. The summed E-state index contributed by atoms with van der Waals surface area (Å²) in [6.45, 7) is 2.13. The van der Waals surface area contributed by atoms with Crippen LogP contribution in [0.3, 0.4) is 0 Å². The van der Waals surface area contributed by atoms with E-state index < -0.39 is 0 Å². The molecule has 5 nitrogen and oxygen atoms in total. The number of hydrogen-bond acceptors (Lipinski definition) is 5. The van der Waals surface area contributed by atoms with E-state index in [1.54, 1.807) is 30.3 Å². The highest BCUT2D eigenvalue weighted by atomic mass is 35.5. The zero-order chi connectivity index (χ0) is 22.7. The molecule has 4 rings (SSSR count). The molecule has 2 N–H and O–H groups in total. The molecule has 0 radical (unpaired) electrons. The molecule has 0 aromatic heterocycles. The van der Waals surface area contributed by atoms with Crippen molar-refractivity contribution in [1.29, 1.82) is 0 Å². The second-order valence-electron chi connectivity index (χ2n) is 7.77. The Hall–Kier alpha value is -3.15. The highest BCUT2D eigenvalue weighted by Crippen LogP contribution is 2.35. The van der Waals surface area contributed by atoms with Crippen LogP contribution in [0.4, 0.5) is 0 Å². The van der Waals surface area contributed by atoms with Gasteiger partial charge in [-0.05, 0) is 53.4 Å². The van der Waals surface area contributed by atoms with Gasteiger partial charge in [0, 0.05) is 28.8 Å². The number of carbonyl (C=O) groups excluding carboxylic acids is 1. The van der Waals surface area contributed by atoms with E-state index in [0.717, 1.165) is 28.8 Å². The summed E-state index contributed by atoms with van der Waals surface area (Å²) >= 11 is 6.22. The number of rotatable bonds is 5. The van der Waals surface area contributed by atoms with Crippen LogP contribution >= 0.6 is 11.6 Å². The zero-order valence-electron chi connectivity index (χ0n) is 18.0. The van der Waals surface area contributed by atoms with Crippen molar-refractivity contribution in [3.8, 4) is 5.75 Å². The number of phenols is 1. The fourth-order valence-corrected chi connectivity index (χ4v) is 4.09. The minimum Gasteiger partial charge on any atom is -0.508 e. The van der Waals surface area contributed by atoms with E-state index in [1.807, 2.05) is 12.1 Å². The SMILES string of the molecule is CCc1ccc(C2=N[C@H](c3ccc(C(=O)OC)cc3)N[C@@H](c3cc(Cl)ccc3O)C2)cc1. The first-order chi connectivity index (χ1) is 15.5. The number of benzene rings is 3. The van der Waals surface area contributed by atoms with Gasteiger partial charge in [0.1, 0.15) is 11.9 Å². The van der Waals surface area contributed by atoms with Crippen LogP contribution in [0.25, 0.3) is 0 Å². The number of aromatic hydroxyl groups is 1. The molecule has 0 saturated carbocycles. The predicted octanol–water partition coefficient (Wildman–Crippen LogP) is 5.62. The van der Waals surface area contributed by atoms with E-state index in [-0.39, 0.29) is 23.9 Å². The van der Waals surface area contributed by atoms with Crippen LogP contribution in [0.5, 0.6) is 5.75 Å². The quantitative estimate of drug-likeness (QED) is 0.497. The Kier molecular flexibility index (Phi) is 6.58. The van der Waals surface area contributed by atoms with Crippen LogP contribution in [0.2, 0.25) is 5.02 Å². The highest BCUT2D eigenvalue weighted by molar-refractivity contribution is 6.30. The summed E-state index contributed by atoms with van der Waals surface area (Å²) in [6.07, 6.45) is 1.23. The molecule has 0 spiro atoms. The smallest absolute Gasteiger partial charge is 0.337 e. The average molecular weight is 449 g/mol. The summed E-state index contributed by atoms with van der Waals surface area (Å²) in [6, 6.07) is 20.5. The third kappa shape index (κ3) is 4.69. The first-order valence-electron chi connectivity index (χ1n) is 10.6. The van der Waals surface area contributed by atoms with Crippen molar-refractivity contribution >= 4 is 23.3 Å². The van der Waals surface area contributed by atoms with Gasteiger partial charge in [0.15, 0.2) is 0 Å². The number of nitrogens with one attached hydrogen (secondary N) is 1. The van der Waals surface area contributed by atoms with Gasteiger partial charge in [0.25, 0.3) is 0 Å². The van der Waals surface area contributed by atoms with Crippen molar-refractivity contribution in [2.24, 2.45) is 4.99 Å². The molecule has 32 heavy (non-hydrogen) atoms. The average Bonchev–Trinajstić information content (AvgIpc) is 2.85. The highest BCUT2D eigenvalue weighted by Gasteiger charge is 2.28. The topological polar surface area (TPSA) is 70.9 Å². The molecule has 0 fully saturated rings. The fourth-order valence-electron chi connectivity index (χ4n) is 3.91.